The van der Waals surface area contributed by atoms with Gasteiger partial charge in [0.05, 0.1) is 0 Å². The quantitative estimate of drug-likeness (QED) is 0.293. The van der Waals surface area contributed by atoms with Crippen LogP contribution in [0.1, 0.15) is 41.5 Å². The highest BCUT2D eigenvalue weighted by Crippen LogP contribution is 2.37. The molecule has 0 amide bonds. The second-order valence-corrected chi connectivity index (χ2v) is 6.11. The Morgan fingerprint density at radius 3 is 1.66 bits per heavy atom. The van der Waals surface area contributed by atoms with Crippen LogP contribution in [0, 0.1) is 0 Å². The largest absolute Gasteiger partial charge is 0.463 e. The summed E-state index contributed by atoms with van der Waals surface area (Å²) in [6, 6.07) is 0. The van der Waals surface area contributed by atoms with E-state index in [2.05, 4.69) is 0 Å². The number of esters is 4. The van der Waals surface area contributed by atoms with Crippen LogP contribution >= 0.6 is 0 Å². The molecule has 11 heteroatoms. The molecule has 0 aromatic heterocycles. The van der Waals surface area contributed by atoms with Crippen LogP contribution < -0.4 is 0 Å². The van der Waals surface area contributed by atoms with E-state index in [1.807, 2.05) is 0 Å². The van der Waals surface area contributed by atoms with Crippen molar-refractivity contribution in [3.8, 4) is 0 Å². The number of hydrogen-bond acceptors (Lipinski definition) is 11. The molecule has 0 aliphatic carbocycles. The molecule has 0 bridgehead atoms. The first kappa shape index (κ1) is 24.8. The Bertz CT molecular complexity index is 597. The smallest absolute Gasteiger partial charge is 0.326 e. The van der Waals surface area contributed by atoms with Crippen molar-refractivity contribution in [1.29, 1.82) is 0 Å². The highest BCUT2D eigenvalue weighted by atomic mass is 16.9. The maximum atomic E-state index is 11.8. The Hall–Kier alpha value is -2.24. The Labute approximate surface area is 168 Å². The minimum atomic E-state index is -1.99. The van der Waals surface area contributed by atoms with Crippen molar-refractivity contribution in [2.45, 2.75) is 71.9 Å². The van der Waals surface area contributed by atoms with Gasteiger partial charge in [-0.1, -0.05) is 0 Å². The first-order valence-electron chi connectivity index (χ1n) is 9.17. The normalized spacial score (nSPS) is 25.6. The highest BCUT2D eigenvalue weighted by Gasteiger charge is 2.62. The van der Waals surface area contributed by atoms with Gasteiger partial charge >= 0.3 is 29.9 Å². The van der Waals surface area contributed by atoms with Crippen LogP contribution in [-0.2, 0) is 52.3 Å². The fourth-order valence-corrected chi connectivity index (χ4v) is 2.91. The molecule has 166 valence electrons. The van der Waals surface area contributed by atoms with Crippen LogP contribution in [0.25, 0.3) is 0 Å². The van der Waals surface area contributed by atoms with E-state index in [1.54, 1.807) is 13.8 Å². The molecule has 0 aromatic carbocycles. The Morgan fingerprint density at radius 1 is 0.759 bits per heavy atom. The van der Waals surface area contributed by atoms with Crippen LogP contribution in [0.2, 0.25) is 0 Å². The average Bonchev–Trinajstić information content (AvgIpc) is 2.58. The topological polar surface area (TPSA) is 133 Å². The summed E-state index contributed by atoms with van der Waals surface area (Å²) >= 11 is 0. The van der Waals surface area contributed by atoms with Gasteiger partial charge in [0.25, 0.3) is 0 Å². The molecule has 0 unspecified atom stereocenters. The molecule has 1 heterocycles. The van der Waals surface area contributed by atoms with Gasteiger partial charge in [0.15, 0.2) is 12.2 Å². The molecule has 0 N–H and O–H groups in total. The molecule has 0 radical (unpaired) electrons. The second-order valence-electron chi connectivity index (χ2n) is 6.11. The van der Waals surface area contributed by atoms with Crippen LogP contribution in [0.15, 0.2) is 0 Å². The van der Waals surface area contributed by atoms with E-state index in [0.29, 0.717) is 0 Å². The summed E-state index contributed by atoms with van der Waals surface area (Å²) in [4.78, 5) is 46.5. The lowest BCUT2D eigenvalue weighted by Crippen LogP contribution is -2.69. The van der Waals surface area contributed by atoms with Gasteiger partial charge in [-0.25, -0.2) is 0 Å². The lowest BCUT2D eigenvalue weighted by Gasteiger charge is -2.49. The van der Waals surface area contributed by atoms with E-state index < -0.39 is 54.3 Å². The van der Waals surface area contributed by atoms with Crippen LogP contribution in [0.3, 0.4) is 0 Å². The molecule has 29 heavy (non-hydrogen) atoms. The third-order valence-corrected chi connectivity index (χ3v) is 3.69. The van der Waals surface area contributed by atoms with Gasteiger partial charge in [0.1, 0.15) is 12.7 Å². The lowest BCUT2D eigenvalue weighted by atomic mass is 9.96. The third kappa shape index (κ3) is 6.94. The van der Waals surface area contributed by atoms with Gasteiger partial charge in [-0.2, -0.15) is 0 Å². The molecule has 0 spiro atoms. The average molecular weight is 420 g/mol. The van der Waals surface area contributed by atoms with Crippen molar-refractivity contribution < 1.29 is 52.3 Å². The fourth-order valence-electron chi connectivity index (χ4n) is 2.91. The molecular formula is C18H28O11. The summed E-state index contributed by atoms with van der Waals surface area (Å²) in [6.07, 6.45) is -5.19. The molecule has 1 saturated heterocycles. The van der Waals surface area contributed by atoms with Gasteiger partial charge in [0, 0.05) is 40.9 Å². The molecule has 1 rings (SSSR count). The molecule has 1 aliphatic rings. The minimum absolute atomic E-state index is 0.0725. The van der Waals surface area contributed by atoms with Crippen LogP contribution in [0.5, 0.6) is 0 Å². The maximum absolute atomic E-state index is 11.8. The Kier molecular flexibility index (Phi) is 9.47. The molecule has 11 nitrogen and oxygen atoms in total. The van der Waals surface area contributed by atoms with E-state index in [0.717, 1.165) is 20.8 Å². The fraction of sp³-hybridized carbons (Fsp3) is 0.778. The molecule has 4 atom stereocenters. The molecule has 0 saturated carbocycles. The summed E-state index contributed by atoms with van der Waals surface area (Å²) in [5.41, 5.74) is 0. The van der Waals surface area contributed by atoms with Gasteiger partial charge in [-0.05, 0) is 13.8 Å². The third-order valence-electron chi connectivity index (χ3n) is 3.69. The first-order chi connectivity index (χ1) is 13.6. The number of carbonyl (C=O) groups is 4. The Balaban J connectivity index is 3.50. The number of rotatable bonds is 9. The van der Waals surface area contributed by atoms with Crippen molar-refractivity contribution >= 4 is 23.9 Å². The number of ether oxygens (including phenoxy) is 7. The summed E-state index contributed by atoms with van der Waals surface area (Å²) in [5.74, 6) is -4.79. The van der Waals surface area contributed by atoms with Gasteiger partial charge < -0.3 is 33.2 Å². The number of hydrogen-bond donors (Lipinski definition) is 0. The summed E-state index contributed by atoms with van der Waals surface area (Å²) < 4.78 is 38.1. The minimum Gasteiger partial charge on any atom is -0.463 e. The standard InChI is InChI=1S/C18H28O11/c1-7-24-18(25-8-2)17(28-13(6)22)16(27-12(5)21)15(26-11(4)20)14(29-18)9-23-10(3)19/h14-17H,7-9H2,1-6H3/t14-,15-,16+,17-/m1/s1. The lowest BCUT2D eigenvalue weighted by molar-refractivity contribution is -0.459. The number of carbonyl (C=O) groups excluding carboxylic acids is 4. The maximum Gasteiger partial charge on any atom is 0.326 e. The SMILES string of the molecule is CCOC1(OCC)O[C@H](COC(C)=O)[C@@H](OC(C)=O)[C@H](OC(C)=O)[C@H]1OC(C)=O. The van der Waals surface area contributed by atoms with E-state index in [4.69, 9.17) is 33.2 Å². The first-order valence-corrected chi connectivity index (χ1v) is 9.17. The zero-order valence-electron chi connectivity index (χ0n) is 17.4. The zero-order chi connectivity index (χ0) is 22.2. The highest BCUT2D eigenvalue weighted by molar-refractivity contribution is 5.68. The van der Waals surface area contributed by atoms with Crippen molar-refractivity contribution in [3.63, 3.8) is 0 Å². The molecular weight excluding hydrogens is 392 g/mol. The van der Waals surface area contributed by atoms with Crippen molar-refractivity contribution in [2.24, 2.45) is 0 Å². The van der Waals surface area contributed by atoms with E-state index >= 15 is 0 Å². The van der Waals surface area contributed by atoms with Gasteiger partial charge in [-0.15, -0.1) is 0 Å². The predicted octanol–water partition coefficient (Wildman–Crippen LogP) is 0.470. The van der Waals surface area contributed by atoms with Gasteiger partial charge in [0.2, 0.25) is 6.10 Å². The Morgan fingerprint density at radius 2 is 1.24 bits per heavy atom. The van der Waals surface area contributed by atoms with Crippen molar-refractivity contribution in [1.82, 2.24) is 0 Å². The predicted molar refractivity (Wildman–Crippen MR) is 94.2 cm³/mol. The van der Waals surface area contributed by atoms with Crippen molar-refractivity contribution in [2.75, 3.05) is 19.8 Å². The van der Waals surface area contributed by atoms with Crippen LogP contribution in [-0.4, -0.2) is 74.1 Å². The second kappa shape index (κ2) is 11.1. The molecule has 1 aliphatic heterocycles. The van der Waals surface area contributed by atoms with Crippen molar-refractivity contribution in [3.05, 3.63) is 0 Å². The summed E-state index contributed by atoms with van der Waals surface area (Å²) in [6.45, 7) is 7.68. The van der Waals surface area contributed by atoms with Crippen LogP contribution in [0.4, 0.5) is 0 Å². The summed E-state index contributed by atoms with van der Waals surface area (Å²) in [7, 11) is 0. The van der Waals surface area contributed by atoms with Gasteiger partial charge in [-0.3, -0.25) is 19.2 Å². The zero-order valence-corrected chi connectivity index (χ0v) is 17.4. The molecule has 1 fully saturated rings. The van der Waals surface area contributed by atoms with E-state index in [-0.39, 0.29) is 19.8 Å². The van der Waals surface area contributed by atoms with E-state index in [1.165, 1.54) is 6.92 Å². The molecule has 0 aromatic rings. The summed E-state index contributed by atoms with van der Waals surface area (Å²) in [5, 5.41) is 0. The monoisotopic (exact) mass is 420 g/mol. The van der Waals surface area contributed by atoms with E-state index in [9.17, 15) is 19.2 Å².